The van der Waals surface area contributed by atoms with Gasteiger partial charge < -0.3 is 5.32 Å². The van der Waals surface area contributed by atoms with E-state index >= 15 is 0 Å². The molecule has 2 N–H and O–H groups in total. The summed E-state index contributed by atoms with van der Waals surface area (Å²) in [5.41, 5.74) is 0.290. The summed E-state index contributed by atoms with van der Waals surface area (Å²) in [7, 11) is 0. The molecular weight excluding hydrogens is 206 g/mol. The van der Waals surface area contributed by atoms with E-state index in [2.05, 4.69) is 35.5 Å². The lowest BCUT2D eigenvalue weighted by Gasteiger charge is -1.96. The maximum atomic E-state index is 11.3. The number of nitrogens with zero attached hydrogens (tertiary/aromatic N) is 5. The number of H-pyrrole nitrogens is 1. The second-order valence-electron chi connectivity index (χ2n) is 2.30. The normalized spacial score (nSPS) is 10.0. The molecule has 2 rings (SSSR count). The molecule has 1 amide bonds. The highest BCUT2D eigenvalue weighted by Gasteiger charge is 2.08. The highest BCUT2D eigenvalue weighted by molar-refractivity contribution is 7.03. The molecule has 2 heterocycles. The van der Waals surface area contributed by atoms with Gasteiger partial charge in [-0.3, -0.25) is 4.79 Å². The molecule has 0 aliphatic heterocycles. The molecule has 2 aromatic rings. The van der Waals surface area contributed by atoms with E-state index in [9.17, 15) is 4.79 Å². The Morgan fingerprint density at radius 1 is 1.57 bits per heavy atom. The molecule has 8 nitrogen and oxygen atoms in total. The van der Waals surface area contributed by atoms with Crippen LogP contribution in [0, 0.1) is 0 Å². The van der Waals surface area contributed by atoms with Crippen molar-refractivity contribution in [3.8, 4) is 0 Å². The van der Waals surface area contributed by atoms with Gasteiger partial charge in [-0.05, 0) is 11.5 Å². The van der Waals surface area contributed by atoms with Crippen LogP contribution in [0.4, 0.5) is 0 Å². The smallest absolute Gasteiger partial charge is 0.273 e. The number of carbonyl (C=O) groups is 1. The minimum Gasteiger partial charge on any atom is -0.343 e. The maximum absolute atomic E-state index is 11.3. The molecule has 0 aliphatic rings. The van der Waals surface area contributed by atoms with Crippen molar-refractivity contribution in [2.24, 2.45) is 0 Å². The Morgan fingerprint density at radius 2 is 2.50 bits per heavy atom. The van der Waals surface area contributed by atoms with Crippen molar-refractivity contribution in [3.63, 3.8) is 0 Å². The van der Waals surface area contributed by atoms with Crippen LogP contribution in [-0.4, -0.2) is 36.1 Å². The summed E-state index contributed by atoms with van der Waals surface area (Å²) in [5.74, 6) is 0.116. The van der Waals surface area contributed by atoms with E-state index in [0.717, 1.165) is 11.5 Å². The van der Waals surface area contributed by atoms with Gasteiger partial charge >= 0.3 is 0 Å². The molecule has 72 valence electrons. The van der Waals surface area contributed by atoms with Gasteiger partial charge in [0.2, 0.25) is 0 Å². The molecule has 2 aromatic heterocycles. The van der Waals surface area contributed by atoms with Gasteiger partial charge in [-0.15, -0.1) is 15.3 Å². The van der Waals surface area contributed by atoms with Crippen molar-refractivity contribution >= 4 is 17.4 Å². The maximum Gasteiger partial charge on any atom is 0.273 e. The SMILES string of the molecule is O=C(NCc1nn[nH]n1)c1csnn1. The van der Waals surface area contributed by atoms with Crippen LogP contribution in [0.15, 0.2) is 5.38 Å². The standard InChI is InChI=1S/C5H5N7OS/c13-5(3-2-14-12-7-3)6-1-4-8-10-11-9-4/h2H,1H2,(H,6,13)(H,8,9,10,11). The zero-order valence-corrected chi connectivity index (χ0v) is 7.65. The fourth-order valence-corrected chi connectivity index (χ4v) is 1.21. The van der Waals surface area contributed by atoms with Crippen molar-refractivity contribution in [2.45, 2.75) is 6.54 Å². The Labute approximate surface area is 81.9 Å². The van der Waals surface area contributed by atoms with Gasteiger partial charge in [0.1, 0.15) is 0 Å². The van der Waals surface area contributed by atoms with Crippen LogP contribution < -0.4 is 5.32 Å². The van der Waals surface area contributed by atoms with Gasteiger partial charge in [0.15, 0.2) is 11.5 Å². The summed E-state index contributed by atoms with van der Waals surface area (Å²) in [4.78, 5) is 11.3. The first-order chi connectivity index (χ1) is 6.86. The zero-order chi connectivity index (χ0) is 9.80. The summed E-state index contributed by atoms with van der Waals surface area (Å²) in [5, 5.41) is 20.7. The van der Waals surface area contributed by atoms with Gasteiger partial charge in [-0.25, -0.2) is 0 Å². The van der Waals surface area contributed by atoms with E-state index in [1.54, 1.807) is 5.38 Å². The highest BCUT2D eigenvalue weighted by Crippen LogP contribution is 1.96. The van der Waals surface area contributed by atoms with Gasteiger partial charge in [0.25, 0.3) is 5.91 Å². The van der Waals surface area contributed by atoms with Crippen LogP contribution in [0.25, 0.3) is 0 Å². The summed E-state index contributed by atoms with van der Waals surface area (Å²) in [6.45, 7) is 0.215. The van der Waals surface area contributed by atoms with E-state index in [4.69, 9.17) is 0 Å². The number of aromatic amines is 1. The molecule has 9 heteroatoms. The molecule has 0 radical (unpaired) electrons. The first-order valence-corrected chi connectivity index (χ1v) is 4.47. The Bertz CT molecular complexity index is 396. The molecular formula is C5H5N7OS. The minimum absolute atomic E-state index is 0.215. The highest BCUT2D eigenvalue weighted by atomic mass is 32.1. The lowest BCUT2D eigenvalue weighted by molar-refractivity contribution is 0.0945. The van der Waals surface area contributed by atoms with Gasteiger partial charge in [-0.1, -0.05) is 9.70 Å². The third-order valence-corrected chi connectivity index (χ3v) is 1.89. The number of rotatable bonds is 3. The molecule has 0 fully saturated rings. The van der Waals surface area contributed by atoms with E-state index < -0.39 is 0 Å². The van der Waals surface area contributed by atoms with Crippen molar-refractivity contribution in [3.05, 3.63) is 16.9 Å². The number of tetrazole rings is 1. The monoisotopic (exact) mass is 211 g/mol. The molecule has 0 unspecified atom stereocenters. The minimum atomic E-state index is -0.302. The van der Waals surface area contributed by atoms with Crippen molar-refractivity contribution in [1.82, 2.24) is 35.5 Å². The first-order valence-electron chi connectivity index (χ1n) is 3.64. The Morgan fingerprint density at radius 3 is 3.14 bits per heavy atom. The Balaban J connectivity index is 1.90. The number of hydrogen-bond donors (Lipinski definition) is 2. The first kappa shape index (κ1) is 8.69. The topological polar surface area (TPSA) is 109 Å². The summed E-state index contributed by atoms with van der Waals surface area (Å²) < 4.78 is 3.57. The Hall–Kier alpha value is -1.90. The van der Waals surface area contributed by atoms with Crippen LogP contribution in [0.3, 0.4) is 0 Å². The summed E-state index contributed by atoms with van der Waals surface area (Å²) in [6.07, 6.45) is 0. The molecule has 0 saturated heterocycles. The average molecular weight is 211 g/mol. The molecule has 0 aromatic carbocycles. The molecule has 0 aliphatic carbocycles. The molecule has 0 saturated carbocycles. The van der Waals surface area contributed by atoms with E-state index in [1.165, 1.54) is 0 Å². The fraction of sp³-hybridized carbons (Fsp3) is 0.200. The third kappa shape index (κ3) is 1.88. The van der Waals surface area contributed by atoms with Gasteiger partial charge in [-0.2, -0.15) is 5.21 Å². The van der Waals surface area contributed by atoms with Crippen LogP contribution in [0.1, 0.15) is 16.3 Å². The van der Waals surface area contributed by atoms with E-state index in [0.29, 0.717) is 11.5 Å². The van der Waals surface area contributed by atoms with E-state index in [-0.39, 0.29) is 12.5 Å². The number of amides is 1. The van der Waals surface area contributed by atoms with Crippen LogP contribution in [-0.2, 0) is 6.54 Å². The van der Waals surface area contributed by atoms with Gasteiger partial charge in [0, 0.05) is 5.38 Å². The van der Waals surface area contributed by atoms with Gasteiger partial charge in [0.05, 0.1) is 6.54 Å². The summed E-state index contributed by atoms with van der Waals surface area (Å²) in [6, 6.07) is 0. The molecule has 0 spiro atoms. The predicted octanol–water partition coefficient (Wildman–Crippen LogP) is -1.02. The van der Waals surface area contributed by atoms with Crippen molar-refractivity contribution < 1.29 is 4.79 Å². The Kier molecular flexibility index (Phi) is 2.40. The second-order valence-corrected chi connectivity index (χ2v) is 2.91. The number of hydrogen-bond acceptors (Lipinski definition) is 7. The predicted molar refractivity (Wildman–Crippen MR) is 45.3 cm³/mol. The van der Waals surface area contributed by atoms with E-state index in [1.807, 2.05) is 0 Å². The number of nitrogens with one attached hydrogen (secondary N) is 2. The fourth-order valence-electron chi connectivity index (χ4n) is 0.771. The molecule has 0 bridgehead atoms. The van der Waals surface area contributed by atoms with Crippen LogP contribution in [0.2, 0.25) is 0 Å². The summed E-state index contributed by atoms with van der Waals surface area (Å²) >= 11 is 1.12. The number of aromatic nitrogens is 6. The molecule has 14 heavy (non-hydrogen) atoms. The lowest BCUT2D eigenvalue weighted by Crippen LogP contribution is -2.23. The number of carbonyl (C=O) groups excluding carboxylic acids is 1. The van der Waals surface area contributed by atoms with Crippen molar-refractivity contribution in [2.75, 3.05) is 0 Å². The van der Waals surface area contributed by atoms with Crippen LogP contribution >= 0.6 is 11.5 Å². The molecule has 0 atom stereocenters. The largest absolute Gasteiger partial charge is 0.343 e. The quantitative estimate of drug-likeness (QED) is 0.672. The zero-order valence-electron chi connectivity index (χ0n) is 6.84. The second kappa shape index (κ2) is 3.87. The third-order valence-electron chi connectivity index (χ3n) is 1.39. The van der Waals surface area contributed by atoms with Crippen molar-refractivity contribution in [1.29, 1.82) is 0 Å². The van der Waals surface area contributed by atoms with Crippen LogP contribution in [0.5, 0.6) is 0 Å². The average Bonchev–Trinajstić information content (AvgIpc) is 2.87. The lowest BCUT2D eigenvalue weighted by atomic mass is 10.4.